The average molecular weight is 294 g/mol. The van der Waals surface area contributed by atoms with Gasteiger partial charge in [-0.2, -0.15) is 0 Å². The summed E-state index contributed by atoms with van der Waals surface area (Å²) in [7, 11) is 0. The van der Waals surface area contributed by atoms with Gasteiger partial charge in [0.2, 0.25) is 0 Å². The molecule has 0 aliphatic rings. The van der Waals surface area contributed by atoms with Crippen molar-refractivity contribution >= 4 is 17.5 Å². The fourth-order valence-electron chi connectivity index (χ4n) is 1.61. The molecule has 0 saturated carbocycles. The van der Waals surface area contributed by atoms with Gasteiger partial charge in [0.05, 0.1) is 12.0 Å². The molecule has 0 radical (unpaired) electrons. The number of anilines is 1. The molecule has 21 heavy (non-hydrogen) atoms. The molecule has 2 rings (SSSR count). The van der Waals surface area contributed by atoms with E-state index in [2.05, 4.69) is 5.32 Å². The molecule has 1 heterocycles. The van der Waals surface area contributed by atoms with Crippen molar-refractivity contribution < 1.29 is 22.8 Å². The second kappa shape index (κ2) is 6.65. The Hall–Kier alpha value is -2.70. The van der Waals surface area contributed by atoms with E-state index < -0.39 is 23.4 Å². The van der Waals surface area contributed by atoms with Crippen molar-refractivity contribution in [3.63, 3.8) is 0 Å². The first-order valence-corrected chi connectivity index (χ1v) is 6.13. The normalized spacial score (nSPS) is 10.2. The summed E-state index contributed by atoms with van der Waals surface area (Å²) in [5.41, 5.74) is -0.388. The van der Waals surface area contributed by atoms with E-state index >= 15 is 0 Å². The van der Waals surface area contributed by atoms with Crippen LogP contribution in [0.3, 0.4) is 0 Å². The van der Waals surface area contributed by atoms with Crippen molar-refractivity contribution in [2.75, 3.05) is 11.9 Å². The van der Waals surface area contributed by atoms with E-state index in [9.17, 15) is 18.4 Å². The Morgan fingerprint density at radius 1 is 1.14 bits per heavy atom. The van der Waals surface area contributed by atoms with Crippen molar-refractivity contribution in [1.82, 2.24) is 5.32 Å². The Morgan fingerprint density at radius 2 is 1.95 bits per heavy atom. The van der Waals surface area contributed by atoms with Crippen LogP contribution >= 0.6 is 0 Å². The SMILES string of the molecule is O=C(NCCc1ccco1)C(=O)Nc1cc(F)ccc1F. The zero-order chi connectivity index (χ0) is 15.2. The van der Waals surface area contributed by atoms with Crippen LogP contribution in [0.25, 0.3) is 0 Å². The second-order valence-corrected chi connectivity index (χ2v) is 4.16. The zero-order valence-corrected chi connectivity index (χ0v) is 10.9. The van der Waals surface area contributed by atoms with Gasteiger partial charge in [0.25, 0.3) is 0 Å². The van der Waals surface area contributed by atoms with Gasteiger partial charge in [-0.1, -0.05) is 0 Å². The fourth-order valence-corrected chi connectivity index (χ4v) is 1.61. The summed E-state index contributed by atoms with van der Waals surface area (Å²) in [4.78, 5) is 23.0. The Bertz CT molecular complexity index is 642. The summed E-state index contributed by atoms with van der Waals surface area (Å²) < 4.78 is 31.3. The monoisotopic (exact) mass is 294 g/mol. The second-order valence-electron chi connectivity index (χ2n) is 4.16. The Morgan fingerprint density at radius 3 is 2.67 bits per heavy atom. The summed E-state index contributed by atoms with van der Waals surface area (Å²) in [6.07, 6.45) is 1.91. The standard InChI is InChI=1S/C14H12F2N2O3/c15-9-3-4-11(16)12(8-9)18-14(20)13(19)17-6-5-10-2-1-7-21-10/h1-4,7-8H,5-6H2,(H,17,19)(H,18,20). The van der Waals surface area contributed by atoms with Crippen molar-refractivity contribution in [3.05, 3.63) is 54.0 Å². The highest BCUT2D eigenvalue weighted by Crippen LogP contribution is 2.14. The van der Waals surface area contributed by atoms with Gasteiger partial charge in [0, 0.05) is 19.0 Å². The molecule has 0 fully saturated rings. The molecule has 0 atom stereocenters. The fraction of sp³-hybridized carbons (Fsp3) is 0.143. The maximum atomic E-state index is 13.3. The average Bonchev–Trinajstić information content (AvgIpc) is 2.96. The van der Waals surface area contributed by atoms with Gasteiger partial charge in [0.1, 0.15) is 17.4 Å². The maximum absolute atomic E-state index is 13.3. The molecule has 0 saturated heterocycles. The van der Waals surface area contributed by atoms with Crippen molar-refractivity contribution in [3.8, 4) is 0 Å². The molecule has 2 N–H and O–H groups in total. The minimum Gasteiger partial charge on any atom is -0.469 e. The van der Waals surface area contributed by atoms with E-state index in [1.54, 1.807) is 12.1 Å². The van der Waals surface area contributed by atoms with E-state index in [-0.39, 0.29) is 12.2 Å². The molecule has 0 spiro atoms. The number of rotatable bonds is 4. The van der Waals surface area contributed by atoms with E-state index in [1.165, 1.54) is 6.26 Å². The summed E-state index contributed by atoms with van der Waals surface area (Å²) in [5, 5.41) is 4.35. The lowest BCUT2D eigenvalue weighted by Gasteiger charge is -2.07. The number of carbonyl (C=O) groups is 2. The molecular formula is C14H12F2N2O3. The number of furan rings is 1. The van der Waals surface area contributed by atoms with Crippen LogP contribution in [0, 0.1) is 11.6 Å². The third kappa shape index (κ3) is 4.13. The van der Waals surface area contributed by atoms with Crippen LogP contribution in [-0.4, -0.2) is 18.4 Å². The highest BCUT2D eigenvalue weighted by molar-refractivity contribution is 6.39. The minimum absolute atomic E-state index is 0.186. The number of amides is 2. The Balaban J connectivity index is 1.84. The summed E-state index contributed by atoms with van der Waals surface area (Å²) in [6, 6.07) is 6.00. The molecule has 0 aliphatic carbocycles. The maximum Gasteiger partial charge on any atom is 0.313 e. The molecule has 1 aromatic carbocycles. The predicted octanol–water partition coefficient (Wildman–Crippen LogP) is 1.86. The highest BCUT2D eigenvalue weighted by atomic mass is 19.1. The first kappa shape index (κ1) is 14.7. The van der Waals surface area contributed by atoms with Gasteiger partial charge in [-0.15, -0.1) is 0 Å². The molecule has 110 valence electrons. The van der Waals surface area contributed by atoms with Gasteiger partial charge >= 0.3 is 11.8 Å². The van der Waals surface area contributed by atoms with Crippen LogP contribution in [0.4, 0.5) is 14.5 Å². The lowest BCUT2D eigenvalue weighted by molar-refractivity contribution is -0.136. The topological polar surface area (TPSA) is 71.3 Å². The van der Waals surface area contributed by atoms with Gasteiger partial charge < -0.3 is 15.1 Å². The number of hydrogen-bond acceptors (Lipinski definition) is 3. The number of hydrogen-bond donors (Lipinski definition) is 2. The molecule has 0 bridgehead atoms. The van der Waals surface area contributed by atoms with Crippen molar-refractivity contribution in [1.29, 1.82) is 0 Å². The van der Waals surface area contributed by atoms with Crippen LogP contribution < -0.4 is 10.6 Å². The highest BCUT2D eigenvalue weighted by Gasteiger charge is 2.15. The third-order valence-electron chi connectivity index (χ3n) is 2.62. The van der Waals surface area contributed by atoms with Crippen molar-refractivity contribution in [2.24, 2.45) is 0 Å². The van der Waals surface area contributed by atoms with Gasteiger partial charge in [-0.05, 0) is 24.3 Å². The number of nitrogens with one attached hydrogen (secondary N) is 2. The molecule has 7 heteroatoms. The van der Waals surface area contributed by atoms with Gasteiger partial charge in [0.15, 0.2) is 0 Å². The molecule has 2 amide bonds. The van der Waals surface area contributed by atoms with E-state index in [1.807, 2.05) is 5.32 Å². The van der Waals surface area contributed by atoms with Crippen LogP contribution in [0.15, 0.2) is 41.0 Å². The van der Waals surface area contributed by atoms with Crippen LogP contribution in [0.5, 0.6) is 0 Å². The largest absolute Gasteiger partial charge is 0.469 e. The molecular weight excluding hydrogens is 282 g/mol. The number of carbonyl (C=O) groups excluding carboxylic acids is 2. The number of benzene rings is 1. The van der Waals surface area contributed by atoms with E-state index in [0.29, 0.717) is 12.2 Å². The number of halogens is 2. The lowest BCUT2D eigenvalue weighted by atomic mass is 10.3. The molecule has 1 aromatic heterocycles. The zero-order valence-electron chi connectivity index (χ0n) is 10.9. The Labute approximate surface area is 118 Å². The van der Waals surface area contributed by atoms with E-state index in [4.69, 9.17) is 4.42 Å². The van der Waals surface area contributed by atoms with Crippen LogP contribution in [0.2, 0.25) is 0 Å². The first-order chi connectivity index (χ1) is 10.1. The predicted molar refractivity (Wildman–Crippen MR) is 70.4 cm³/mol. The molecule has 2 aromatic rings. The quantitative estimate of drug-likeness (QED) is 0.845. The van der Waals surface area contributed by atoms with Crippen molar-refractivity contribution in [2.45, 2.75) is 6.42 Å². The molecule has 0 aliphatic heterocycles. The summed E-state index contributed by atoms with van der Waals surface area (Å²) in [5.74, 6) is -2.89. The van der Waals surface area contributed by atoms with Gasteiger partial charge in [-0.25, -0.2) is 8.78 Å². The molecule has 0 unspecified atom stereocenters. The van der Waals surface area contributed by atoms with Crippen LogP contribution in [0.1, 0.15) is 5.76 Å². The Kier molecular flexibility index (Phi) is 4.65. The summed E-state index contributed by atoms with van der Waals surface area (Å²) >= 11 is 0. The van der Waals surface area contributed by atoms with Crippen LogP contribution in [-0.2, 0) is 16.0 Å². The first-order valence-electron chi connectivity index (χ1n) is 6.13. The molecule has 5 nitrogen and oxygen atoms in total. The smallest absolute Gasteiger partial charge is 0.313 e. The summed E-state index contributed by atoms with van der Waals surface area (Å²) in [6.45, 7) is 0.186. The lowest BCUT2D eigenvalue weighted by Crippen LogP contribution is -2.36. The minimum atomic E-state index is -1.07. The van der Waals surface area contributed by atoms with Gasteiger partial charge in [-0.3, -0.25) is 9.59 Å². The third-order valence-corrected chi connectivity index (χ3v) is 2.62. The van der Waals surface area contributed by atoms with E-state index in [0.717, 1.165) is 18.2 Å².